The third-order valence-electron chi connectivity index (χ3n) is 5.66. The van der Waals surface area contributed by atoms with Crippen molar-refractivity contribution in [2.75, 3.05) is 26.9 Å². The van der Waals surface area contributed by atoms with Crippen molar-refractivity contribution in [3.05, 3.63) is 57.6 Å². The Hall–Kier alpha value is -1.60. The molecule has 3 rings (SSSR count). The number of halogens is 1. The van der Waals surface area contributed by atoms with Crippen molar-refractivity contribution in [2.45, 2.75) is 43.9 Å². The fraction of sp³-hybridized carbons (Fsp3) is 0.455. The number of benzene rings is 2. The van der Waals surface area contributed by atoms with E-state index in [1.54, 1.807) is 13.2 Å². The number of hydrogen-bond donors (Lipinski definition) is 1. The summed E-state index contributed by atoms with van der Waals surface area (Å²) in [6, 6.07) is 9.28. The highest BCUT2D eigenvalue weighted by Crippen LogP contribution is 2.41. The van der Waals surface area contributed by atoms with Gasteiger partial charge in [0.2, 0.25) is 10.0 Å². The molecule has 1 saturated heterocycles. The normalized spacial score (nSPS) is 16.6. The fourth-order valence-electron chi connectivity index (χ4n) is 4.29. The topological polar surface area (TPSA) is 64.6 Å². The van der Waals surface area contributed by atoms with E-state index in [9.17, 15) is 8.42 Å². The van der Waals surface area contributed by atoms with Crippen LogP contribution in [0.5, 0.6) is 5.75 Å². The molecule has 29 heavy (non-hydrogen) atoms. The van der Waals surface area contributed by atoms with E-state index in [-0.39, 0.29) is 6.54 Å². The first-order valence-corrected chi connectivity index (χ1v) is 11.5. The fourth-order valence-corrected chi connectivity index (χ4v) is 6.04. The van der Waals surface area contributed by atoms with Gasteiger partial charge in [0.25, 0.3) is 0 Å². The lowest BCUT2D eigenvalue weighted by atomic mass is 9.74. The van der Waals surface area contributed by atoms with Crippen molar-refractivity contribution < 1.29 is 17.9 Å². The molecule has 0 saturated carbocycles. The maximum Gasteiger partial charge on any atom is 0.241 e. The largest absolute Gasteiger partial charge is 0.496 e. The van der Waals surface area contributed by atoms with Crippen LogP contribution in [0.25, 0.3) is 0 Å². The first-order valence-electron chi connectivity index (χ1n) is 9.68. The molecule has 0 amide bonds. The van der Waals surface area contributed by atoms with E-state index in [2.05, 4.69) is 4.72 Å². The maximum absolute atomic E-state index is 13.2. The number of nitrogens with one attached hydrogen (secondary N) is 1. The van der Waals surface area contributed by atoms with E-state index in [1.165, 1.54) is 0 Å². The quantitative estimate of drug-likeness (QED) is 0.731. The van der Waals surface area contributed by atoms with Crippen LogP contribution in [0, 0.1) is 20.8 Å². The molecule has 2 aromatic carbocycles. The number of hydrogen-bond acceptors (Lipinski definition) is 4. The van der Waals surface area contributed by atoms with Gasteiger partial charge in [0.05, 0.1) is 12.0 Å². The molecule has 1 fully saturated rings. The van der Waals surface area contributed by atoms with Crippen LogP contribution in [0.1, 0.15) is 35.1 Å². The Balaban J connectivity index is 1.98. The molecule has 0 unspecified atom stereocenters. The van der Waals surface area contributed by atoms with Crippen LogP contribution < -0.4 is 9.46 Å². The average Bonchev–Trinajstić information content (AvgIpc) is 2.66. The first-order chi connectivity index (χ1) is 13.7. The van der Waals surface area contributed by atoms with E-state index in [1.807, 2.05) is 45.0 Å². The van der Waals surface area contributed by atoms with Gasteiger partial charge in [0, 0.05) is 35.8 Å². The van der Waals surface area contributed by atoms with Gasteiger partial charge in [0.1, 0.15) is 5.75 Å². The lowest BCUT2D eigenvalue weighted by molar-refractivity contribution is 0.0509. The predicted octanol–water partition coefficient (Wildman–Crippen LogP) is 4.30. The van der Waals surface area contributed by atoms with Gasteiger partial charge in [0.15, 0.2) is 0 Å². The molecule has 7 heteroatoms. The van der Waals surface area contributed by atoms with E-state index in [0.29, 0.717) is 41.7 Å². The number of rotatable bonds is 6. The van der Waals surface area contributed by atoms with Crippen molar-refractivity contribution in [1.82, 2.24) is 4.72 Å². The minimum Gasteiger partial charge on any atom is -0.496 e. The lowest BCUT2D eigenvalue weighted by Crippen LogP contribution is -2.45. The third-order valence-corrected chi connectivity index (χ3v) is 7.60. The summed E-state index contributed by atoms with van der Waals surface area (Å²) in [6.45, 7) is 6.99. The van der Waals surface area contributed by atoms with Gasteiger partial charge in [-0.1, -0.05) is 29.3 Å². The van der Waals surface area contributed by atoms with Crippen LogP contribution in [-0.2, 0) is 20.2 Å². The van der Waals surface area contributed by atoms with Crippen molar-refractivity contribution in [2.24, 2.45) is 0 Å². The number of methoxy groups -OCH3 is 1. The summed E-state index contributed by atoms with van der Waals surface area (Å²) >= 11 is 6.27. The summed E-state index contributed by atoms with van der Waals surface area (Å²) in [5.41, 5.74) is 3.00. The average molecular weight is 438 g/mol. The number of ether oxygens (including phenoxy) is 2. The van der Waals surface area contributed by atoms with Gasteiger partial charge in [-0.15, -0.1) is 0 Å². The van der Waals surface area contributed by atoms with Gasteiger partial charge in [-0.2, -0.15) is 0 Å². The molecule has 0 aliphatic carbocycles. The highest BCUT2D eigenvalue weighted by molar-refractivity contribution is 7.89. The zero-order chi connectivity index (χ0) is 21.2. The van der Waals surface area contributed by atoms with Crippen LogP contribution in [0.4, 0.5) is 0 Å². The van der Waals surface area contributed by atoms with Crippen molar-refractivity contribution >= 4 is 21.6 Å². The van der Waals surface area contributed by atoms with E-state index < -0.39 is 15.4 Å². The van der Waals surface area contributed by atoms with Crippen LogP contribution in [0.3, 0.4) is 0 Å². The Morgan fingerprint density at radius 1 is 1.10 bits per heavy atom. The Morgan fingerprint density at radius 2 is 1.72 bits per heavy atom. The number of sulfonamides is 1. The minimum absolute atomic E-state index is 0.252. The van der Waals surface area contributed by atoms with Crippen LogP contribution in [0.15, 0.2) is 35.2 Å². The zero-order valence-corrected chi connectivity index (χ0v) is 18.9. The second-order valence-corrected chi connectivity index (χ2v) is 9.93. The Kier molecular flexibility index (Phi) is 6.58. The highest BCUT2D eigenvalue weighted by Gasteiger charge is 2.38. The second kappa shape index (κ2) is 8.64. The van der Waals surface area contributed by atoms with Gasteiger partial charge in [-0.3, -0.25) is 0 Å². The molecule has 0 atom stereocenters. The zero-order valence-electron chi connectivity index (χ0n) is 17.3. The summed E-state index contributed by atoms with van der Waals surface area (Å²) in [7, 11) is -2.06. The summed E-state index contributed by atoms with van der Waals surface area (Å²) in [5, 5.41) is 0.597. The number of aryl methyl sites for hydroxylation is 3. The molecule has 0 bridgehead atoms. The summed E-state index contributed by atoms with van der Waals surface area (Å²) in [5.74, 6) is 0.707. The third kappa shape index (κ3) is 4.61. The second-order valence-electron chi connectivity index (χ2n) is 7.79. The van der Waals surface area contributed by atoms with Crippen LogP contribution in [0.2, 0.25) is 5.02 Å². The first kappa shape index (κ1) is 22.1. The molecular formula is C22H28ClNO4S. The van der Waals surface area contributed by atoms with E-state index in [4.69, 9.17) is 21.1 Å². The Bertz CT molecular complexity index is 975. The maximum atomic E-state index is 13.2. The monoisotopic (exact) mass is 437 g/mol. The molecule has 0 radical (unpaired) electrons. The molecule has 5 nitrogen and oxygen atoms in total. The molecule has 1 aliphatic heterocycles. The van der Waals surface area contributed by atoms with Gasteiger partial charge in [-0.25, -0.2) is 13.1 Å². The highest BCUT2D eigenvalue weighted by atomic mass is 35.5. The molecule has 1 N–H and O–H groups in total. The van der Waals surface area contributed by atoms with Crippen molar-refractivity contribution in [3.63, 3.8) is 0 Å². The molecule has 0 spiro atoms. The summed E-state index contributed by atoms with van der Waals surface area (Å²) < 4.78 is 40.5. The molecule has 0 aromatic heterocycles. The molecule has 1 heterocycles. The lowest BCUT2D eigenvalue weighted by Gasteiger charge is -2.38. The van der Waals surface area contributed by atoms with Crippen LogP contribution in [-0.4, -0.2) is 35.3 Å². The van der Waals surface area contributed by atoms with Gasteiger partial charge in [-0.05, 0) is 62.9 Å². The minimum atomic E-state index is -3.68. The van der Waals surface area contributed by atoms with Gasteiger partial charge >= 0.3 is 0 Å². The van der Waals surface area contributed by atoms with Crippen LogP contribution >= 0.6 is 11.6 Å². The smallest absolute Gasteiger partial charge is 0.241 e. The van der Waals surface area contributed by atoms with E-state index >= 15 is 0 Å². The predicted molar refractivity (Wildman–Crippen MR) is 116 cm³/mol. The van der Waals surface area contributed by atoms with Gasteiger partial charge < -0.3 is 9.47 Å². The van der Waals surface area contributed by atoms with Crippen molar-refractivity contribution in [3.8, 4) is 5.75 Å². The molecule has 1 aliphatic rings. The Morgan fingerprint density at radius 3 is 2.31 bits per heavy atom. The SMILES string of the molecule is COc1ccc(Cl)cc1C1(CNS(=O)(=O)c2c(C)cc(C)cc2C)CCOCC1. The summed E-state index contributed by atoms with van der Waals surface area (Å²) in [6.07, 6.45) is 1.36. The molecule has 2 aromatic rings. The van der Waals surface area contributed by atoms with E-state index in [0.717, 1.165) is 22.3 Å². The summed E-state index contributed by atoms with van der Waals surface area (Å²) in [4.78, 5) is 0.350. The molecular weight excluding hydrogens is 410 g/mol. The van der Waals surface area contributed by atoms with Crippen molar-refractivity contribution in [1.29, 1.82) is 0 Å². The Labute approximate surface area is 178 Å². The standard InChI is InChI=1S/C22H28ClNO4S/c1-15-11-16(2)21(17(3)12-15)29(25,26)24-14-22(7-9-28-10-8-22)19-13-18(23)5-6-20(19)27-4/h5-6,11-13,24H,7-10,14H2,1-4H3. The molecule has 158 valence electrons.